The number of hydrogen-bond acceptors (Lipinski definition) is 4. The van der Waals surface area contributed by atoms with E-state index in [9.17, 15) is 9.59 Å². The quantitative estimate of drug-likeness (QED) is 0.726. The Kier molecular flexibility index (Phi) is 7.41. The van der Waals surface area contributed by atoms with Gasteiger partial charge < -0.3 is 10.2 Å². The van der Waals surface area contributed by atoms with Crippen molar-refractivity contribution in [2.24, 2.45) is 0 Å². The van der Waals surface area contributed by atoms with Gasteiger partial charge in [-0.3, -0.25) is 9.59 Å². The van der Waals surface area contributed by atoms with Gasteiger partial charge in [-0.2, -0.15) is 0 Å². The number of rotatable bonds is 6. The van der Waals surface area contributed by atoms with E-state index in [-0.39, 0.29) is 17.7 Å². The van der Waals surface area contributed by atoms with E-state index in [4.69, 9.17) is 9.97 Å². The molecular weight excluding hydrogens is 412 g/mol. The van der Waals surface area contributed by atoms with Crippen LogP contribution in [0.2, 0.25) is 0 Å². The molecule has 2 aliphatic rings. The molecule has 33 heavy (non-hydrogen) atoms. The van der Waals surface area contributed by atoms with Crippen molar-refractivity contribution in [2.75, 3.05) is 13.1 Å². The number of benzene rings is 1. The minimum atomic E-state index is 0.0648. The Morgan fingerprint density at radius 3 is 2.42 bits per heavy atom. The maximum Gasteiger partial charge on any atom is 0.227 e. The van der Waals surface area contributed by atoms with Crippen LogP contribution in [0.3, 0.4) is 0 Å². The topological polar surface area (TPSA) is 75.2 Å². The average molecular weight is 449 g/mol. The molecule has 1 N–H and O–H groups in total. The summed E-state index contributed by atoms with van der Waals surface area (Å²) in [7, 11) is 0. The summed E-state index contributed by atoms with van der Waals surface area (Å²) in [6.07, 6.45) is 7.27. The molecule has 1 aliphatic heterocycles. The van der Waals surface area contributed by atoms with Gasteiger partial charge in [0, 0.05) is 42.0 Å². The van der Waals surface area contributed by atoms with Crippen LogP contribution in [0.25, 0.3) is 0 Å². The summed E-state index contributed by atoms with van der Waals surface area (Å²) in [5.74, 6) is 1.17. The highest BCUT2D eigenvalue weighted by Gasteiger charge is 2.28. The maximum atomic E-state index is 12.9. The molecule has 6 nitrogen and oxygen atoms in total. The first kappa shape index (κ1) is 23.4. The molecule has 4 rings (SSSR count). The van der Waals surface area contributed by atoms with Gasteiger partial charge in [-0.25, -0.2) is 9.97 Å². The van der Waals surface area contributed by atoms with Crippen LogP contribution >= 0.6 is 0 Å². The van der Waals surface area contributed by atoms with Gasteiger partial charge in [-0.05, 0) is 52.0 Å². The largest absolute Gasteiger partial charge is 0.353 e. The van der Waals surface area contributed by atoms with Crippen molar-refractivity contribution in [1.29, 1.82) is 0 Å². The number of piperidine rings is 1. The van der Waals surface area contributed by atoms with Gasteiger partial charge in [0.05, 0.1) is 12.8 Å². The third-order valence-corrected chi connectivity index (χ3v) is 7.07. The van der Waals surface area contributed by atoms with Crippen LogP contribution in [0.1, 0.15) is 78.3 Å². The lowest BCUT2D eigenvalue weighted by molar-refractivity contribution is -0.131. The lowest BCUT2D eigenvalue weighted by Crippen LogP contribution is -2.40. The van der Waals surface area contributed by atoms with E-state index in [1.165, 1.54) is 18.4 Å². The number of aromatic nitrogens is 2. The predicted octanol–water partition coefficient (Wildman–Crippen LogP) is 3.95. The Hall–Kier alpha value is -2.76. The molecule has 0 spiro atoms. The highest BCUT2D eigenvalue weighted by Crippen LogP contribution is 2.27. The first-order chi connectivity index (χ1) is 15.9. The van der Waals surface area contributed by atoms with Crippen LogP contribution in [0.15, 0.2) is 24.3 Å². The van der Waals surface area contributed by atoms with Crippen molar-refractivity contribution in [3.05, 3.63) is 58.2 Å². The summed E-state index contributed by atoms with van der Waals surface area (Å²) in [6, 6.07) is 8.48. The molecule has 6 heteroatoms. The Balaban J connectivity index is 1.40. The third-order valence-electron chi connectivity index (χ3n) is 7.07. The molecule has 2 heterocycles. The molecule has 1 saturated carbocycles. The van der Waals surface area contributed by atoms with Gasteiger partial charge in [0.25, 0.3) is 0 Å². The van der Waals surface area contributed by atoms with Crippen molar-refractivity contribution < 1.29 is 9.59 Å². The number of carbonyl (C=O) groups is 2. The predicted molar refractivity (Wildman–Crippen MR) is 129 cm³/mol. The van der Waals surface area contributed by atoms with E-state index in [0.717, 1.165) is 60.6 Å². The summed E-state index contributed by atoms with van der Waals surface area (Å²) < 4.78 is 0. The number of nitrogens with zero attached hydrogens (tertiary/aromatic N) is 3. The Labute approximate surface area is 197 Å². The second-order valence-electron chi connectivity index (χ2n) is 9.80. The van der Waals surface area contributed by atoms with Gasteiger partial charge in [-0.15, -0.1) is 0 Å². The smallest absolute Gasteiger partial charge is 0.227 e. The SMILES string of the molecule is Cc1cccc(CC(=O)N2CCC[C@@H](c3nc(C)c(CC(=O)NC4CCCC4)c(C)n3)C2)c1. The van der Waals surface area contributed by atoms with E-state index in [2.05, 4.69) is 24.4 Å². The summed E-state index contributed by atoms with van der Waals surface area (Å²) in [5, 5.41) is 3.16. The Bertz CT molecular complexity index is 990. The first-order valence-corrected chi connectivity index (χ1v) is 12.4. The second kappa shape index (κ2) is 10.4. The van der Waals surface area contributed by atoms with Crippen molar-refractivity contribution in [3.8, 4) is 0 Å². The lowest BCUT2D eigenvalue weighted by Gasteiger charge is -2.32. The van der Waals surface area contributed by atoms with Crippen molar-refractivity contribution >= 4 is 11.8 Å². The molecule has 1 atom stereocenters. The van der Waals surface area contributed by atoms with Gasteiger partial charge in [0.1, 0.15) is 5.82 Å². The monoisotopic (exact) mass is 448 g/mol. The van der Waals surface area contributed by atoms with Crippen LogP contribution in [-0.4, -0.2) is 45.8 Å². The number of nitrogens with one attached hydrogen (secondary N) is 1. The van der Waals surface area contributed by atoms with E-state index < -0.39 is 0 Å². The van der Waals surface area contributed by atoms with E-state index in [0.29, 0.717) is 25.4 Å². The average Bonchev–Trinajstić information content (AvgIpc) is 3.29. The van der Waals surface area contributed by atoms with Crippen LogP contribution < -0.4 is 5.32 Å². The van der Waals surface area contributed by atoms with Crippen molar-refractivity contribution in [3.63, 3.8) is 0 Å². The van der Waals surface area contributed by atoms with Gasteiger partial charge >= 0.3 is 0 Å². The number of hydrogen-bond donors (Lipinski definition) is 1. The zero-order valence-corrected chi connectivity index (χ0v) is 20.2. The van der Waals surface area contributed by atoms with Crippen LogP contribution in [0.4, 0.5) is 0 Å². The maximum absolute atomic E-state index is 12.9. The molecular formula is C27H36N4O2. The van der Waals surface area contributed by atoms with E-state index in [1.807, 2.05) is 30.9 Å². The van der Waals surface area contributed by atoms with Crippen LogP contribution in [0.5, 0.6) is 0 Å². The molecule has 2 fully saturated rings. The number of carbonyl (C=O) groups excluding carboxylic acids is 2. The molecule has 1 saturated heterocycles. The molecule has 176 valence electrons. The number of amides is 2. The lowest BCUT2D eigenvalue weighted by atomic mass is 9.95. The van der Waals surface area contributed by atoms with Crippen LogP contribution in [0, 0.1) is 20.8 Å². The number of likely N-dealkylation sites (tertiary alicyclic amines) is 1. The summed E-state index contributed by atoms with van der Waals surface area (Å²) in [6.45, 7) is 7.44. The Morgan fingerprint density at radius 1 is 1.00 bits per heavy atom. The molecule has 2 amide bonds. The molecule has 1 aromatic heterocycles. The van der Waals surface area contributed by atoms with Gasteiger partial charge in [0.2, 0.25) is 11.8 Å². The Morgan fingerprint density at radius 2 is 1.73 bits per heavy atom. The minimum Gasteiger partial charge on any atom is -0.353 e. The highest BCUT2D eigenvalue weighted by molar-refractivity contribution is 5.79. The standard InChI is InChI=1S/C27H36N4O2/c1-18-8-6-9-21(14-18)15-26(33)31-13-7-10-22(17-31)27-28-19(2)24(20(3)29-27)16-25(32)30-23-11-4-5-12-23/h6,8-9,14,22-23H,4-5,7,10-13,15-17H2,1-3H3,(H,30,32)/t22-/m1/s1. The summed E-state index contributed by atoms with van der Waals surface area (Å²) in [4.78, 5) is 37.1. The normalized spacial score (nSPS) is 19.0. The molecule has 0 bridgehead atoms. The fraction of sp³-hybridized carbons (Fsp3) is 0.556. The third kappa shape index (κ3) is 5.98. The van der Waals surface area contributed by atoms with Gasteiger partial charge in [0.15, 0.2) is 0 Å². The van der Waals surface area contributed by atoms with Gasteiger partial charge in [-0.1, -0.05) is 42.7 Å². The second-order valence-corrected chi connectivity index (χ2v) is 9.80. The fourth-order valence-electron chi connectivity index (χ4n) is 5.24. The molecule has 0 unspecified atom stereocenters. The minimum absolute atomic E-state index is 0.0648. The van der Waals surface area contributed by atoms with Crippen molar-refractivity contribution in [1.82, 2.24) is 20.2 Å². The highest BCUT2D eigenvalue weighted by atomic mass is 16.2. The summed E-state index contributed by atoms with van der Waals surface area (Å²) in [5.41, 5.74) is 4.92. The molecule has 1 aliphatic carbocycles. The fourth-order valence-corrected chi connectivity index (χ4v) is 5.24. The van der Waals surface area contributed by atoms with E-state index >= 15 is 0 Å². The van der Waals surface area contributed by atoms with Crippen molar-refractivity contribution in [2.45, 2.75) is 84.1 Å². The first-order valence-electron chi connectivity index (χ1n) is 12.4. The zero-order valence-electron chi connectivity index (χ0n) is 20.2. The molecule has 0 radical (unpaired) electrons. The zero-order chi connectivity index (χ0) is 23.4. The van der Waals surface area contributed by atoms with E-state index in [1.54, 1.807) is 0 Å². The summed E-state index contributed by atoms with van der Waals surface area (Å²) >= 11 is 0. The van der Waals surface area contributed by atoms with Crippen LogP contribution in [-0.2, 0) is 22.4 Å². The molecule has 1 aromatic carbocycles. The number of aryl methyl sites for hydroxylation is 3. The molecule has 2 aromatic rings.